The lowest BCUT2D eigenvalue weighted by Crippen LogP contribution is -2.02. The Hall–Kier alpha value is -0.900. The van der Waals surface area contributed by atoms with Crippen LogP contribution in [0.4, 0.5) is 4.39 Å². The van der Waals surface area contributed by atoms with E-state index in [0.29, 0.717) is 18.4 Å². The van der Waals surface area contributed by atoms with Gasteiger partial charge < -0.3 is 5.11 Å². The Kier molecular flexibility index (Phi) is 2.78. The Labute approximate surface area is 95.2 Å². The number of carbonyl (C=O) groups is 1. The topological polar surface area (TPSA) is 37.3 Å². The molecular weight excluding hydrogens is 263 g/mol. The van der Waals surface area contributed by atoms with Crippen molar-refractivity contribution >= 4 is 21.9 Å². The molecule has 0 amide bonds. The molecule has 1 aliphatic rings. The van der Waals surface area contributed by atoms with Crippen molar-refractivity contribution in [2.75, 3.05) is 0 Å². The first-order valence-corrected chi connectivity index (χ1v) is 5.54. The molecule has 0 aliphatic heterocycles. The van der Waals surface area contributed by atoms with Crippen LogP contribution in [0.3, 0.4) is 0 Å². The Morgan fingerprint density at radius 3 is 2.93 bits per heavy atom. The van der Waals surface area contributed by atoms with Crippen molar-refractivity contribution in [1.82, 2.24) is 0 Å². The zero-order chi connectivity index (χ0) is 11.0. The van der Waals surface area contributed by atoms with Crippen molar-refractivity contribution in [2.24, 2.45) is 11.8 Å². The third-order valence-corrected chi connectivity index (χ3v) is 3.22. The fraction of sp³-hybridized carbons (Fsp3) is 0.364. The molecule has 2 atom stereocenters. The van der Waals surface area contributed by atoms with Gasteiger partial charge in [-0.2, -0.15) is 0 Å². The molecule has 0 bridgehead atoms. The molecule has 4 heteroatoms. The summed E-state index contributed by atoms with van der Waals surface area (Å²) in [6, 6.07) is 4.75. The molecule has 0 heterocycles. The maximum absolute atomic E-state index is 13.3. The lowest BCUT2D eigenvalue weighted by molar-refractivity contribution is -0.138. The van der Waals surface area contributed by atoms with Crippen LogP contribution in [0.5, 0.6) is 0 Å². The fourth-order valence-corrected chi connectivity index (χ4v) is 2.17. The van der Waals surface area contributed by atoms with E-state index in [1.807, 2.05) is 0 Å². The van der Waals surface area contributed by atoms with Crippen molar-refractivity contribution in [3.63, 3.8) is 0 Å². The molecular formula is C11H10BrFO2. The van der Waals surface area contributed by atoms with Gasteiger partial charge in [0.1, 0.15) is 5.82 Å². The molecule has 1 aromatic carbocycles. The molecule has 0 radical (unpaired) electrons. The Bertz CT molecular complexity index is 406. The van der Waals surface area contributed by atoms with Crippen LogP contribution in [0.1, 0.15) is 12.0 Å². The highest BCUT2D eigenvalue weighted by Gasteiger charge is 2.43. The number of hydrogen-bond acceptors (Lipinski definition) is 1. The molecule has 80 valence electrons. The van der Waals surface area contributed by atoms with E-state index in [1.54, 1.807) is 12.1 Å². The van der Waals surface area contributed by atoms with Gasteiger partial charge in [0.2, 0.25) is 0 Å². The summed E-state index contributed by atoms with van der Waals surface area (Å²) in [6.45, 7) is 0. The summed E-state index contributed by atoms with van der Waals surface area (Å²) in [4.78, 5) is 10.6. The van der Waals surface area contributed by atoms with Crippen LogP contribution in [0, 0.1) is 17.7 Å². The molecule has 1 saturated carbocycles. The van der Waals surface area contributed by atoms with E-state index in [2.05, 4.69) is 15.9 Å². The smallest absolute Gasteiger partial charge is 0.306 e. The third kappa shape index (κ3) is 2.37. The Morgan fingerprint density at radius 1 is 1.60 bits per heavy atom. The number of carboxylic acid groups (broad SMARTS) is 1. The minimum atomic E-state index is -0.768. The van der Waals surface area contributed by atoms with Crippen molar-refractivity contribution in [1.29, 1.82) is 0 Å². The summed E-state index contributed by atoms with van der Waals surface area (Å²) >= 11 is 3.27. The van der Waals surface area contributed by atoms with Gasteiger partial charge in [-0.15, -0.1) is 0 Å². The maximum atomic E-state index is 13.3. The van der Waals surface area contributed by atoms with Crippen molar-refractivity contribution in [3.8, 4) is 0 Å². The molecule has 2 rings (SSSR count). The molecule has 1 aliphatic carbocycles. The number of hydrogen-bond donors (Lipinski definition) is 1. The van der Waals surface area contributed by atoms with Crippen LogP contribution in [-0.2, 0) is 11.2 Å². The van der Waals surface area contributed by atoms with Crippen LogP contribution < -0.4 is 0 Å². The number of carboxylic acids is 1. The van der Waals surface area contributed by atoms with Gasteiger partial charge in [-0.1, -0.05) is 15.9 Å². The summed E-state index contributed by atoms with van der Waals surface area (Å²) in [5.41, 5.74) is 0.595. The predicted octanol–water partition coefficient (Wildman–Crippen LogP) is 2.85. The second-order valence-corrected chi connectivity index (χ2v) is 4.80. The highest BCUT2D eigenvalue weighted by molar-refractivity contribution is 9.10. The second-order valence-electron chi connectivity index (χ2n) is 3.88. The van der Waals surface area contributed by atoms with Gasteiger partial charge in [0.25, 0.3) is 0 Å². The number of aliphatic carboxylic acids is 1. The number of benzene rings is 1. The highest BCUT2D eigenvalue weighted by atomic mass is 79.9. The van der Waals surface area contributed by atoms with Crippen LogP contribution in [-0.4, -0.2) is 11.1 Å². The molecule has 0 aromatic heterocycles. The first-order chi connectivity index (χ1) is 7.08. The minimum absolute atomic E-state index is 0.103. The molecule has 1 N–H and O–H groups in total. The van der Waals surface area contributed by atoms with E-state index >= 15 is 0 Å². The third-order valence-electron chi connectivity index (χ3n) is 2.73. The van der Waals surface area contributed by atoms with Gasteiger partial charge in [0.05, 0.1) is 5.92 Å². The number of rotatable bonds is 3. The molecule has 0 spiro atoms. The van der Waals surface area contributed by atoms with Crippen LogP contribution in [0.15, 0.2) is 22.7 Å². The van der Waals surface area contributed by atoms with E-state index in [-0.39, 0.29) is 17.7 Å². The van der Waals surface area contributed by atoms with E-state index < -0.39 is 5.97 Å². The first-order valence-electron chi connectivity index (χ1n) is 4.74. The normalized spacial score (nSPS) is 23.9. The standard InChI is InChI=1S/C11H10BrFO2/c12-8-1-2-10(13)7(4-8)3-6-5-9(6)11(14)15/h1-2,4,6,9H,3,5H2,(H,14,15). The van der Waals surface area contributed by atoms with Crippen LogP contribution in [0.2, 0.25) is 0 Å². The van der Waals surface area contributed by atoms with Gasteiger partial charge in [-0.25, -0.2) is 4.39 Å². The highest BCUT2D eigenvalue weighted by Crippen LogP contribution is 2.41. The second kappa shape index (κ2) is 3.93. The van der Waals surface area contributed by atoms with E-state index in [9.17, 15) is 9.18 Å². The van der Waals surface area contributed by atoms with Crippen LogP contribution in [0.25, 0.3) is 0 Å². The molecule has 15 heavy (non-hydrogen) atoms. The summed E-state index contributed by atoms with van der Waals surface area (Å²) < 4.78 is 14.1. The Morgan fingerprint density at radius 2 is 2.33 bits per heavy atom. The summed E-state index contributed by atoms with van der Waals surface area (Å²) in [7, 11) is 0. The van der Waals surface area contributed by atoms with Gasteiger partial charge in [-0.05, 0) is 42.5 Å². The maximum Gasteiger partial charge on any atom is 0.306 e. The molecule has 1 fully saturated rings. The van der Waals surface area contributed by atoms with Crippen molar-refractivity contribution in [3.05, 3.63) is 34.1 Å². The average Bonchev–Trinajstić information content (AvgIpc) is 2.91. The Balaban J connectivity index is 2.06. The van der Waals surface area contributed by atoms with E-state index in [1.165, 1.54) is 6.07 Å². The van der Waals surface area contributed by atoms with Crippen molar-refractivity contribution in [2.45, 2.75) is 12.8 Å². The molecule has 2 unspecified atom stereocenters. The summed E-state index contributed by atoms with van der Waals surface area (Å²) in [6.07, 6.45) is 1.18. The van der Waals surface area contributed by atoms with Gasteiger partial charge >= 0.3 is 5.97 Å². The van der Waals surface area contributed by atoms with Crippen molar-refractivity contribution < 1.29 is 14.3 Å². The number of halogens is 2. The zero-order valence-electron chi connectivity index (χ0n) is 7.91. The quantitative estimate of drug-likeness (QED) is 0.919. The zero-order valence-corrected chi connectivity index (χ0v) is 9.50. The predicted molar refractivity (Wildman–Crippen MR) is 57.0 cm³/mol. The lowest BCUT2D eigenvalue weighted by atomic mass is 10.1. The van der Waals surface area contributed by atoms with E-state index in [0.717, 1.165) is 4.47 Å². The van der Waals surface area contributed by atoms with Gasteiger partial charge in [-0.3, -0.25) is 4.79 Å². The molecule has 0 saturated heterocycles. The minimum Gasteiger partial charge on any atom is -0.481 e. The average molecular weight is 273 g/mol. The monoisotopic (exact) mass is 272 g/mol. The van der Waals surface area contributed by atoms with Gasteiger partial charge in [0.15, 0.2) is 0 Å². The summed E-state index contributed by atoms with van der Waals surface area (Å²) in [5, 5.41) is 8.72. The largest absolute Gasteiger partial charge is 0.481 e. The first kappa shape index (κ1) is 10.6. The molecule has 1 aromatic rings. The lowest BCUT2D eigenvalue weighted by Gasteiger charge is -2.02. The van der Waals surface area contributed by atoms with Gasteiger partial charge in [0, 0.05) is 4.47 Å². The summed E-state index contributed by atoms with van der Waals surface area (Å²) in [5.74, 6) is -1.20. The van der Waals surface area contributed by atoms with E-state index in [4.69, 9.17) is 5.11 Å². The van der Waals surface area contributed by atoms with Crippen LogP contribution >= 0.6 is 15.9 Å². The fourth-order valence-electron chi connectivity index (χ4n) is 1.76. The molecule has 2 nitrogen and oxygen atoms in total. The SMILES string of the molecule is O=C(O)C1CC1Cc1cc(Br)ccc1F.